The Morgan fingerprint density at radius 1 is 1.23 bits per heavy atom. The first kappa shape index (κ1) is 27.6. The second-order valence-corrected chi connectivity index (χ2v) is 10.5. The van der Waals surface area contributed by atoms with Crippen LogP contribution in [-0.2, 0) is 4.74 Å². The molecule has 5 N–H and O–H groups in total. The summed E-state index contributed by atoms with van der Waals surface area (Å²) in [5.74, 6) is 0.707. The first-order valence-electron chi connectivity index (χ1n) is 13.0. The summed E-state index contributed by atoms with van der Waals surface area (Å²) in [5.41, 5.74) is 7.21. The second kappa shape index (κ2) is 13.9. The third-order valence-corrected chi connectivity index (χ3v) is 7.52. The minimum atomic E-state index is -1.08. The van der Waals surface area contributed by atoms with Gasteiger partial charge in [-0.05, 0) is 49.8 Å². The van der Waals surface area contributed by atoms with E-state index in [1.54, 1.807) is 0 Å². The summed E-state index contributed by atoms with van der Waals surface area (Å²) in [4.78, 5) is 25.9. The Morgan fingerprint density at radius 2 is 2.00 bits per heavy atom. The lowest BCUT2D eigenvalue weighted by molar-refractivity contribution is -0.00855. The first-order chi connectivity index (χ1) is 16.8. The highest BCUT2D eigenvalue weighted by Crippen LogP contribution is 2.34. The van der Waals surface area contributed by atoms with E-state index in [2.05, 4.69) is 10.6 Å². The number of hydrogen-bond acceptors (Lipinski definition) is 4. The minimum Gasteiger partial charge on any atom is -0.465 e. The summed E-state index contributed by atoms with van der Waals surface area (Å²) in [7, 11) is 0. The summed E-state index contributed by atoms with van der Waals surface area (Å²) < 4.78 is 6.16. The number of nitrogens with two attached hydrogens (primary N) is 1. The highest BCUT2D eigenvalue weighted by atomic mass is 35.5. The summed E-state index contributed by atoms with van der Waals surface area (Å²) in [6.07, 6.45) is 7.64. The molecule has 196 valence electrons. The van der Waals surface area contributed by atoms with Crippen molar-refractivity contribution in [2.45, 2.75) is 76.5 Å². The van der Waals surface area contributed by atoms with Gasteiger partial charge in [-0.25, -0.2) is 9.59 Å². The van der Waals surface area contributed by atoms with Gasteiger partial charge in [0.2, 0.25) is 0 Å². The number of amides is 3. The molecule has 0 bridgehead atoms. The summed E-state index contributed by atoms with van der Waals surface area (Å²) in [5, 5.41) is 15.0. The van der Waals surface area contributed by atoms with E-state index in [1.165, 1.54) is 32.1 Å². The molecule has 2 aliphatic rings. The third-order valence-electron chi connectivity index (χ3n) is 7.28. The molecule has 1 unspecified atom stereocenters. The van der Waals surface area contributed by atoms with Gasteiger partial charge in [0.15, 0.2) is 0 Å². The number of benzene rings is 1. The molecule has 9 heteroatoms. The molecule has 2 fully saturated rings. The highest BCUT2D eigenvalue weighted by molar-refractivity contribution is 6.30. The van der Waals surface area contributed by atoms with E-state index in [0.29, 0.717) is 24.0 Å². The Morgan fingerprint density at radius 3 is 2.69 bits per heavy atom. The summed E-state index contributed by atoms with van der Waals surface area (Å²) in [6, 6.07) is 7.34. The Bertz CT molecular complexity index is 818. The maximum atomic E-state index is 13.3. The number of rotatable bonds is 10. The number of ether oxygens (including phenoxy) is 1. The van der Waals surface area contributed by atoms with Crippen LogP contribution in [-0.4, -0.2) is 60.5 Å². The first-order valence-corrected chi connectivity index (χ1v) is 13.4. The zero-order chi connectivity index (χ0) is 25.2. The van der Waals surface area contributed by atoms with Crippen LogP contribution in [0.4, 0.5) is 9.59 Å². The molecule has 1 saturated heterocycles. The number of carbonyl (C=O) groups excluding carboxylic acids is 1. The van der Waals surface area contributed by atoms with Crippen molar-refractivity contribution in [1.29, 1.82) is 0 Å². The van der Waals surface area contributed by atoms with Gasteiger partial charge in [0, 0.05) is 42.7 Å². The van der Waals surface area contributed by atoms with Crippen LogP contribution in [0.15, 0.2) is 24.3 Å². The Hall–Kier alpha value is -2.03. The predicted molar refractivity (Wildman–Crippen MR) is 138 cm³/mol. The molecule has 0 aromatic heterocycles. The molecule has 1 aromatic carbocycles. The van der Waals surface area contributed by atoms with Crippen molar-refractivity contribution >= 4 is 23.7 Å². The van der Waals surface area contributed by atoms with Crippen molar-refractivity contribution in [3.8, 4) is 0 Å². The van der Waals surface area contributed by atoms with E-state index in [0.717, 1.165) is 24.8 Å². The Labute approximate surface area is 213 Å². The molecule has 35 heavy (non-hydrogen) atoms. The molecular weight excluding hydrogens is 468 g/mol. The van der Waals surface area contributed by atoms with Crippen LogP contribution in [0.1, 0.15) is 70.0 Å². The van der Waals surface area contributed by atoms with Crippen molar-refractivity contribution in [3.05, 3.63) is 34.9 Å². The average molecular weight is 509 g/mol. The van der Waals surface area contributed by atoms with E-state index in [9.17, 15) is 9.59 Å². The molecule has 1 aromatic rings. The molecule has 3 rings (SSSR count). The van der Waals surface area contributed by atoms with Gasteiger partial charge >= 0.3 is 12.1 Å². The number of halogens is 1. The van der Waals surface area contributed by atoms with Gasteiger partial charge in [-0.1, -0.05) is 55.8 Å². The van der Waals surface area contributed by atoms with Crippen LogP contribution in [0, 0.1) is 11.8 Å². The number of carboxylic acid groups (broad SMARTS) is 1. The smallest absolute Gasteiger partial charge is 0.404 e. The van der Waals surface area contributed by atoms with Crippen LogP contribution in [0.25, 0.3) is 0 Å². The normalized spacial score (nSPS) is 21.7. The number of hydrogen-bond donors (Lipinski definition) is 4. The Kier molecular flexibility index (Phi) is 10.9. The molecule has 0 spiro atoms. The predicted octanol–water partition coefficient (Wildman–Crippen LogP) is 4.77. The average Bonchev–Trinajstić information content (AvgIpc) is 2.84. The molecule has 8 nitrogen and oxygen atoms in total. The molecule has 4 atom stereocenters. The lowest BCUT2D eigenvalue weighted by Crippen LogP contribution is -2.54. The molecule has 3 amide bonds. The van der Waals surface area contributed by atoms with Gasteiger partial charge < -0.3 is 31.1 Å². The lowest BCUT2D eigenvalue weighted by atomic mass is 9.83. The van der Waals surface area contributed by atoms with Gasteiger partial charge in [-0.2, -0.15) is 0 Å². The van der Waals surface area contributed by atoms with E-state index in [-0.39, 0.29) is 43.3 Å². The molecule has 1 aliphatic heterocycles. The highest BCUT2D eigenvalue weighted by Gasteiger charge is 2.33. The molecule has 1 aliphatic carbocycles. The largest absolute Gasteiger partial charge is 0.465 e. The van der Waals surface area contributed by atoms with E-state index in [4.69, 9.17) is 27.2 Å². The maximum absolute atomic E-state index is 13.3. The standard InChI is InChI=1S/C26H41ClN4O4/c1-18(28)23(15-19-7-3-2-4-8-19)30-25(32)31-13-6-10-21(17-31)24(35-14-12-29-26(33)34)20-9-5-11-22(27)16-20/h5,9,11,16,18-19,21,23-24,29H,2-4,6-8,10,12-15,17,28H2,1H3,(H,30,32)(H,33,34)/t18-,21-,23+,24?/m1/s1. The SMILES string of the molecule is C[C@@H](N)[C@H](CC1CCCCC1)NC(=O)N1CCC[C@@H](C(OCCNC(=O)O)c2cccc(Cl)c2)C1. The zero-order valence-corrected chi connectivity index (χ0v) is 21.5. The fourth-order valence-corrected chi connectivity index (χ4v) is 5.61. The quantitative estimate of drug-likeness (QED) is 0.339. The van der Waals surface area contributed by atoms with Crippen molar-refractivity contribution < 1.29 is 19.4 Å². The van der Waals surface area contributed by atoms with Crippen LogP contribution in [0.2, 0.25) is 5.02 Å². The van der Waals surface area contributed by atoms with Gasteiger partial charge in [-0.15, -0.1) is 0 Å². The fourth-order valence-electron chi connectivity index (χ4n) is 5.41. The summed E-state index contributed by atoms with van der Waals surface area (Å²) in [6.45, 7) is 3.66. The van der Waals surface area contributed by atoms with E-state index in [1.807, 2.05) is 36.1 Å². The number of piperidine rings is 1. The molecular formula is C26H41ClN4O4. The molecule has 0 radical (unpaired) electrons. The van der Waals surface area contributed by atoms with Gasteiger partial charge in [-0.3, -0.25) is 0 Å². The van der Waals surface area contributed by atoms with Crippen LogP contribution < -0.4 is 16.4 Å². The number of carbonyl (C=O) groups is 2. The van der Waals surface area contributed by atoms with E-state index >= 15 is 0 Å². The van der Waals surface area contributed by atoms with Gasteiger partial charge in [0.05, 0.1) is 12.7 Å². The lowest BCUT2D eigenvalue weighted by Gasteiger charge is -2.38. The second-order valence-electron chi connectivity index (χ2n) is 10.1. The molecule has 1 saturated carbocycles. The molecule has 1 heterocycles. The van der Waals surface area contributed by atoms with Crippen molar-refractivity contribution in [2.75, 3.05) is 26.2 Å². The zero-order valence-electron chi connectivity index (χ0n) is 20.8. The third kappa shape index (κ3) is 8.85. The Balaban J connectivity index is 1.63. The van der Waals surface area contributed by atoms with Crippen molar-refractivity contribution in [3.63, 3.8) is 0 Å². The summed E-state index contributed by atoms with van der Waals surface area (Å²) >= 11 is 6.24. The van der Waals surface area contributed by atoms with Crippen LogP contribution in [0.3, 0.4) is 0 Å². The minimum absolute atomic E-state index is 0.0342. The number of urea groups is 1. The van der Waals surface area contributed by atoms with Gasteiger partial charge in [0.1, 0.15) is 0 Å². The van der Waals surface area contributed by atoms with Gasteiger partial charge in [0.25, 0.3) is 0 Å². The maximum Gasteiger partial charge on any atom is 0.404 e. The number of likely N-dealkylation sites (tertiary alicyclic amines) is 1. The number of nitrogens with one attached hydrogen (secondary N) is 2. The monoisotopic (exact) mass is 508 g/mol. The van der Waals surface area contributed by atoms with Crippen molar-refractivity contribution in [1.82, 2.24) is 15.5 Å². The van der Waals surface area contributed by atoms with Crippen molar-refractivity contribution in [2.24, 2.45) is 17.6 Å². The van der Waals surface area contributed by atoms with E-state index < -0.39 is 6.09 Å². The number of nitrogens with zero attached hydrogens (tertiary/aromatic N) is 1. The van der Waals surface area contributed by atoms with Crippen LogP contribution >= 0.6 is 11.6 Å². The fraction of sp³-hybridized carbons (Fsp3) is 0.692. The topological polar surface area (TPSA) is 117 Å². The van der Waals surface area contributed by atoms with Crippen LogP contribution in [0.5, 0.6) is 0 Å².